The molecule has 0 aliphatic carbocycles. The third-order valence-corrected chi connectivity index (χ3v) is 4.12. The van der Waals surface area contributed by atoms with Gasteiger partial charge < -0.3 is 14.3 Å². The molecule has 0 aromatic heterocycles. The molecule has 0 fully saturated rings. The van der Waals surface area contributed by atoms with Crippen LogP contribution >= 0.6 is 0 Å². The highest BCUT2D eigenvalue weighted by molar-refractivity contribution is 5.80. The average molecular weight is 410 g/mol. The van der Waals surface area contributed by atoms with Crippen LogP contribution in [0, 0.1) is 15.9 Å². The number of rotatable bonds is 9. The molecule has 8 heteroatoms. The summed E-state index contributed by atoms with van der Waals surface area (Å²) >= 11 is 0. The lowest BCUT2D eigenvalue weighted by Crippen LogP contribution is -1.98. The van der Waals surface area contributed by atoms with Gasteiger partial charge in [0.1, 0.15) is 19.0 Å². The van der Waals surface area contributed by atoms with E-state index in [1.165, 1.54) is 37.6 Å². The maximum atomic E-state index is 13.0. The number of oxime groups is 1. The van der Waals surface area contributed by atoms with Gasteiger partial charge in [-0.05, 0) is 41.5 Å². The van der Waals surface area contributed by atoms with E-state index in [0.29, 0.717) is 17.1 Å². The molecule has 0 bridgehead atoms. The number of nitro groups is 1. The van der Waals surface area contributed by atoms with Crippen LogP contribution in [-0.4, -0.2) is 18.2 Å². The van der Waals surface area contributed by atoms with Crippen molar-refractivity contribution in [3.8, 4) is 11.5 Å². The van der Waals surface area contributed by atoms with Crippen molar-refractivity contribution in [2.24, 2.45) is 5.16 Å². The van der Waals surface area contributed by atoms with Gasteiger partial charge in [0, 0.05) is 17.7 Å². The van der Waals surface area contributed by atoms with Crippen molar-refractivity contribution in [3.05, 3.63) is 99.4 Å². The lowest BCUT2D eigenvalue weighted by molar-refractivity contribution is -0.384. The molecular weight excluding hydrogens is 391 g/mol. The quantitative estimate of drug-likeness (QED) is 0.285. The van der Waals surface area contributed by atoms with Crippen LogP contribution < -0.4 is 9.47 Å². The molecule has 0 amide bonds. The van der Waals surface area contributed by atoms with Gasteiger partial charge in [-0.2, -0.15) is 0 Å². The minimum absolute atomic E-state index is 0.000965. The van der Waals surface area contributed by atoms with Gasteiger partial charge in [-0.1, -0.05) is 29.4 Å². The highest BCUT2D eigenvalue weighted by Gasteiger charge is 2.07. The summed E-state index contributed by atoms with van der Waals surface area (Å²) in [6, 6.07) is 17.5. The first kappa shape index (κ1) is 20.8. The number of nitro benzene ring substituents is 1. The van der Waals surface area contributed by atoms with Crippen LogP contribution in [0.1, 0.15) is 16.7 Å². The molecule has 3 aromatic carbocycles. The van der Waals surface area contributed by atoms with Crippen molar-refractivity contribution in [2.75, 3.05) is 7.11 Å². The zero-order valence-corrected chi connectivity index (χ0v) is 16.2. The number of benzene rings is 3. The Bertz CT molecular complexity index is 1040. The molecule has 0 aliphatic rings. The van der Waals surface area contributed by atoms with E-state index in [4.69, 9.17) is 14.3 Å². The van der Waals surface area contributed by atoms with Crippen molar-refractivity contribution in [1.82, 2.24) is 0 Å². The standard InChI is InChI=1S/C22H19FN2O5/c1-28-22-12-17(7-10-21(22)29-14-16-5-8-19(23)9-6-16)13-24-30-15-18-3-2-4-20(11-18)25(26)27/h2-13H,14-15H2,1H3/b24-13-. The highest BCUT2D eigenvalue weighted by Crippen LogP contribution is 2.28. The molecule has 30 heavy (non-hydrogen) atoms. The molecule has 0 heterocycles. The number of non-ortho nitro benzene ring substituents is 1. The van der Waals surface area contributed by atoms with Gasteiger partial charge in [-0.3, -0.25) is 10.1 Å². The average Bonchev–Trinajstić information content (AvgIpc) is 2.77. The zero-order valence-electron chi connectivity index (χ0n) is 16.2. The van der Waals surface area contributed by atoms with Gasteiger partial charge in [0.2, 0.25) is 0 Å². The van der Waals surface area contributed by atoms with E-state index < -0.39 is 4.92 Å². The van der Waals surface area contributed by atoms with Gasteiger partial charge in [0.15, 0.2) is 11.5 Å². The molecule has 0 saturated heterocycles. The smallest absolute Gasteiger partial charge is 0.269 e. The molecule has 0 N–H and O–H groups in total. The Hall–Kier alpha value is -3.94. The summed E-state index contributed by atoms with van der Waals surface area (Å²) < 4.78 is 24.1. The fourth-order valence-electron chi connectivity index (χ4n) is 2.60. The predicted molar refractivity (Wildman–Crippen MR) is 109 cm³/mol. The molecule has 0 atom stereocenters. The van der Waals surface area contributed by atoms with Crippen molar-refractivity contribution in [2.45, 2.75) is 13.2 Å². The van der Waals surface area contributed by atoms with Crippen LogP contribution in [0.15, 0.2) is 71.9 Å². The second-order valence-electron chi connectivity index (χ2n) is 6.26. The van der Waals surface area contributed by atoms with Crippen LogP contribution in [0.3, 0.4) is 0 Å². The topological polar surface area (TPSA) is 83.2 Å². The molecule has 154 valence electrons. The Morgan fingerprint density at radius 3 is 2.53 bits per heavy atom. The van der Waals surface area contributed by atoms with E-state index in [0.717, 1.165) is 11.1 Å². The monoisotopic (exact) mass is 410 g/mol. The van der Waals surface area contributed by atoms with E-state index in [1.807, 2.05) is 0 Å². The molecule has 0 unspecified atom stereocenters. The zero-order chi connectivity index (χ0) is 21.3. The molecule has 3 aromatic rings. The van der Waals surface area contributed by atoms with Gasteiger partial charge >= 0.3 is 0 Å². The summed E-state index contributed by atoms with van der Waals surface area (Å²) in [6.07, 6.45) is 1.50. The number of nitrogens with zero attached hydrogens (tertiary/aromatic N) is 2. The molecule has 3 rings (SSSR count). The lowest BCUT2D eigenvalue weighted by Gasteiger charge is -2.11. The summed E-state index contributed by atoms with van der Waals surface area (Å²) in [4.78, 5) is 15.6. The molecule has 7 nitrogen and oxygen atoms in total. The molecule has 0 saturated carbocycles. The van der Waals surface area contributed by atoms with E-state index in [-0.39, 0.29) is 24.7 Å². The van der Waals surface area contributed by atoms with E-state index in [9.17, 15) is 14.5 Å². The fourth-order valence-corrected chi connectivity index (χ4v) is 2.60. The van der Waals surface area contributed by atoms with Crippen LogP contribution in [-0.2, 0) is 18.1 Å². The summed E-state index contributed by atoms with van der Waals surface area (Å²) in [6.45, 7) is 0.380. The summed E-state index contributed by atoms with van der Waals surface area (Å²) in [7, 11) is 1.53. The normalized spacial score (nSPS) is 10.7. The number of halogens is 1. The molecule has 0 aliphatic heterocycles. The van der Waals surface area contributed by atoms with Crippen LogP contribution in [0.5, 0.6) is 11.5 Å². The SMILES string of the molecule is COc1cc(/C=N\OCc2cccc([N+](=O)[O-])c2)ccc1OCc1ccc(F)cc1. The second-order valence-corrected chi connectivity index (χ2v) is 6.26. The van der Waals surface area contributed by atoms with E-state index >= 15 is 0 Å². The number of methoxy groups -OCH3 is 1. The first-order valence-electron chi connectivity index (χ1n) is 8.99. The maximum Gasteiger partial charge on any atom is 0.269 e. The first-order chi connectivity index (χ1) is 14.5. The minimum atomic E-state index is -0.460. The second kappa shape index (κ2) is 10.0. The van der Waals surface area contributed by atoms with Crippen molar-refractivity contribution >= 4 is 11.9 Å². The van der Waals surface area contributed by atoms with Gasteiger partial charge in [0.25, 0.3) is 5.69 Å². The number of hydrogen-bond acceptors (Lipinski definition) is 6. The van der Waals surface area contributed by atoms with Crippen molar-refractivity contribution in [1.29, 1.82) is 0 Å². The molecule has 0 radical (unpaired) electrons. The van der Waals surface area contributed by atoms with Gasteiger partial charge in [0.05, 0.1) is 18.2 Å². The summed E-state index contributed by atoms with van der Waals surface area (Å²) in [5.74, 6) is 0.754. The molecular formula is C22H19FN2O5. The largest absolute Gasteiger partial charge is 0.493 e. The summed E-state index contributed by atoms with van der Waals surface area (Å²) in [5, 5.41) is 14.7. The Balaban J connectivity index is 1.58. The highest BCUT2D eigenvalue weighted by atomic mass is 19.1. The van der Waals surface area contributed by atoms with E-state index in [1.54, 1.807) is 42.5 Å². The number of hydrogen-bond donors (Lipinski definition) is 0. The summed E-state index contributed by atoms with van der Waals surface area (Å²) in [5.41, 5.74) is 2.20. The minimum Gasteiger partial charge on any atom is -0.493 e. The third-order valence-electron chi connectivity index (χ3n) is 4.12. The van der Waals surface area contributed by atoms with Crippen LogP contribution in [0.4, 0.5) is 10.1 Å². The van der Waals surface area contributed by atoms with Gasteiger partial charge in [-0.25, -0.2) is 4.39 Å². The van der Waals surface area contributed by atoms with Crippen LogP contribution in [0.25, 0.3) is 0 Å². The Kier molecular flexibility index (Phi) is 6.94. The fraction of sp³-hybridized carbons (Fsp3) is 0.136. The maximum absolute atomic E-state index is 13.0. The van der Waals surface area contributed by atoms with Crippen LogP contribution in [0.2, 0.25) is 0 Å². The third kappa shape index (κ3) is 5.78. The first-order valence-corrected chi connectivity index (χ1v) is 8.99. The van der Waals surface area contributed by atoms with E-state index in [2.05, 4.69) is 5.16 Å². The van der Waals surface area contributed by atoms with Gasteiger partial charge in [-0.15, -0.1) is 0 Å². The molecule has 0 spiro atoms. The van der Waals surface area contributed by atoms with Crippen molar-refractivity contribution in [3.63, 3.8) is 0 Å². The predicted octanol–water partition coefficient (Wildman–Crippen LogP) is 4.87. The Morgan fingerprint density at radius 1 is 1.00 bits per heavy atom. The Morgan fingerprint density at radius 2 is 1.80 bits per heavy atom. The lowest BCUT2D eigenvalue weighted by atomic mass is 10.2. The Labute approximate surface area is 172 Å². The van der Waals surface area contributed by atoms with Crippen molar-refractivity contribution < 1.29 is 23.6 Å². The number of ether oxygens (including phenoxy) is 2.